The molecule has 1 aliphatic rings. The molecule has 1 fully saturated rings. The van der Waals surface area contributed by atoms with Crippen molar-refractivity contribution in [2.24, 2.45) is 18.7 Å². The number of carbonyl (C=O) groups excluding carboxylic acids is 2. The molecule has 0 radical (unpaired) electrons. The molecule has 0 saturated carbocycles. The second-order valence-electron chi connectivity index (χ2n) is 5.67. The van der Waals surface area contributed by atoms with Crippen molar-refractivity contribution >= 4 is 17.5 Å². The Bertz CT molecular complexity index is 544. The van der Waals surface area contributed by atoms with Crippen LogP contribution in [0, 0.1) is 19.8 Å². The number of likely N-dealkylation sites (tertiary alicyclic amines) is 1. The highest BCUT2D eigenvalue weighted by atomic mass is 16.2. The smallest absolute Gasteiger partial charge is 0.238 e. The lowest BCUT2D eigenvalue weighted by molar-refractivity contribution is -0.123. The zero-order valence-electron chi connectivity index (χ0n) is 12.8. The van der Waals surface area contributed by atoms with E-state index in [-0.39, 0.29) is 17.7 Å². The Morgan fingerprint density at radius 1 is 1.33 bits per heavy atom. The van der Waals surface area contributed by atoms with Crippen molar-refractivity contribution in [3.8, 4) is 0 Å². The average Bonchev–Trinajstić information content (AvgIpc) is 2.66. The topological polar surface area (TPSA) is 93.2 Å². The first-order valence-electron chi connectivity index (χ1n) is 7.20. The van der Waals surface area contributed by atoms with Crippen LogP contribution in [-0.2, 0) is 16.6 Å². The molecule has 2 amide bonds. The summed E-state index contributed by atoms with van der Waals surface area (Å²) in [6.07, 6.45) is 1.46. The molecule has 3 N–H and O–H groups in total. The monoisotopic (exact) mass is 293 g/mol. The summed E-state index contributed by atoms with van der Waals surface area (Å²) in [6, 6.07) is 0. The van der Waals surface area contributed by atoms with E-state index in [0.717, 1.165) is 43.0 Å². The van der Waals surface area contributed by atoms with Crippen molar-refractivity contribution in [2.75, 3.05) is 25.0 Å². The Kier molecular flexibility index (Phi) is 4.62. The molecule has 0 spiro atoms. The Morgan fingerprint density at radius 3 is 2.43 bits per heavy atom. The maximum absolute atomic E-state index is 12.1. The Balaban J connectivity index is 1.87. The molecule has 7 nitrogen and oxygen atoms in total. The van der Waals surface area contributed by atoms with Crippen LogP contribution in [0.15, 0.2) is 0 Å². The van der Waals surface area contributed by atoms with Gasteiger partial charge in [-0.15, -0.1) is 0 Å². The normalized spacial score (nSPS) is 16.9. The van der Waals surface area contributed by atoms with Crippen LogP contribution in [0.2, 0.25) is 0 Å². The van der Waals surface area contributed by atoms with Crippen LogP contribution in [0.25, 0.3) is 0 Å². The lowest BCUT2D eigenvalue weighted by atomic mass is 9.96. The number of nitrogens with two attached hydrogens (primary N) is 1. The van der Waals surface area contributed by atoms with Crippen molar-refractivity contribution in [3.63, 3.8) is 0 Å². The molecule has 2 rings (SSSR count). The number of nitrogens with zero attached hydrogens (tertiary/aromatic N) is 3. The van der Waals surface area contributed by atoms with Gasteiger partial charge in [0, 0.05) is 13.0 Å². The molecule has 21 heavy (non-hydrogen) atoms. The molecule has 1 aromatic heterocycles. The van der Waals surface area contributed by atoms with Crippen LogP contribution in [-0.4, -0.2) is 46.1 Å². The number of aromatic nitrogens is 2. The number of hydrogen-bond acceptors (Lipinski definition) is 4. The summed E-state index contributed by atoms with van der Waals surface area (Å²) in [4.78, 5) is 25.3. The van der Waals surface area contributed by atoms with E-state index in [0.29, 0.717) is 6.54 Å². The number of nitrogens with one attached hydrogen (secondary N) is 1. The molecule has 0 bridgehead atoms. The summed E-state index contributed by atoms with van der Waals surface area (Å²) < 4.78 is 1.75. The molecular weight excluding hydrogens is 270 g/mol. The van der Waals surface area contributed by atoms with Crippen molar-refractivity contribution in [3.05, 3.63) is 11.4 Å². The van der Waals surface area contributed by atoms with E-state index in [1.807, 2.05) is 20.9 Å². The second kappa shape index (κ2) is 6.26. The second-order valence-corrected chi connectivity index (χ2v) is 5.67. The molecule has 0 atom stereocenters. The fourth-order valence-corrected chi connectivity index (χ4v) is 2.71. The van der Waals surface area contributed by atoms with Gasteiger partial charge in [0.2, 0.25) is 11.8 Å². The molecule has 0 unspecified atom stereocenters. The van der Waals surface area contributed by atoms with Gasteiger partial charge in [-0.25, -0.2) is 0 Å². The first kappa shape index (κ1) is 15.5. The lowest BCUT2D eigenvalue weighted by Gasteiger charge is -2.29. The van der Waals surface area contributed by atoms with Gasteiger partial charge in [-0.2, -0.15) is 5.10 Å². The number of primary amides is 1. The third kappa shape index (κ3) is 3.60. The minimum absolute atomic E-state index is 0.0490. The predicted molar refractivity (Wildman–Crippen MR) is 79.7 cm³/mol. The number of anilines is 1. The van der Waals surface area contributed by atoms with E-state index in [9.17, 15) is 9.59 Å². The number of aryl methyl sites for hydroxylation is 2. The summed E-state index contributed by atoms with van der Waals surface area (Å²) in [7, 11) is 1.85. The largest absolute Gasteiger partial charge is 0.369 e. The molecule has 0 aromatic carbocycles. The van der Waals surface area contributed by atoms with Gasteiger partial charge in [0.05, 0.1) is 23.6 Å². The minimum atomic E-state index is -0.235. The van der Waals surface area contributed by atoms with Crippen LogP contribution in [0.3, 0.4) is 0 Å². The molecule has 1 saturated heterocycles. The first-order chi connectivity index (χ1) is 9.88. The molecule has 116 valence electrons. The van der Waals surface area contributed by atoms with Crippen LogP contribution >= 0.6 is 0 Å². The van der Waals surface area contributed by atoms with E-state index in [4.69, 9.17) is 5.73 Å². The summed E-state index contributed by atoms with van der Waals surface area (Å²) in [6.45, 7) is 5.59. The molecule has 1 aliphatic heterocycles. The number of piperidine rings is 1. The maximum Gasteiger partial charge on any atom is 0.238 e. The van der Waals surface area contributed by atoms with Crippen molar-refractivity contribution in [2.45, 2.75) is 26.7 Å². The summed E-state index contributed by atoms with van der Waals surface area (Å²) in [5, 5.41) is 7.20. The van der Waals surface area contributed by atoms with E-state index >= 15 is 0 Å². The fourth-order valence-electron chi connectivity index (χ4n) is 2.71. The van der Waals surface area contributed by atoms with E-state index < -0.39 is 0 Å². The zero-order valence-corrected chi connectivity index (χ0v) is 12.8. The van der Waals surface area contributed by atoms with Crippen LogP contribution in [0.1, 0.15) is 24.2 Å². The minimum Gasteiger partial charge on any atom is -0.369 e. The van der Waals surface area contributed by atoms with Crippen LogP contribution < -0.4 is 11.1 Å². The SMILES string of the molecule is Cc1nn(C)c(C)c1NC(=O)CN1CCC(C(N)=O)CC1. The average molecular weight is 293 g/mol. The number of rotatable bonds is 4. The van der Waals surface area contributed by atoms with Crippen molar-refractivity contribution < 1.29 is 9.59 Å². The van der Waals surface area contributed by atoms with Gasteiger partial charge in [0.25, 0.3) is 0 Å². The van der Waals surface area contributed by atoms with E-state index in [1.165, 1.54) is 0 Å². The molecule has 1 aromatic rings. The van der Waals surface area contributed by atoms with Crippen molar-refractivity contribution in [1.82, 2.24) is 14.7 Å². The summed E-state index contributed by atoms with van der Waals surface area (Å²) in [5.41, 5.74) is 7.85. The quantitative estimate of drug-likeness (QED) is 0.827. The van der Waals surface area contributed by atoms with Crippen LogP contribution in [0.5, 0.6) is 0 Å². The Hall–Kier alpha value is -1.89. The highest BCUT2D eigenvalue weighted by molar-refractivity contribution is 5.93. The Labute approximate surface area is 124 Å². The van der Waals surface area contributed by atoms with Gasteiger partial charge >= 0.3 is 0 Å². The molecule has 7 heteroatoms. The molecular formula is C14H23N5O2. The molecule has 2 heterocycles. The van der Waals surface area contributed by atoms with Gasteiger partial charge in [-0.3, -0.25) is 19.2 Å². The highest BCUT2D eigenvalue weighted by Gasteiger charge is 2.24. The number of carbonyl (C=O) groups is 2. The number of amides is 2. The maximum atomic E-state index is 12.1. The molecule has 0 aliphatic carbocycles. The summed E-state index contributed by atoms with van der Waals surface area (Å²) >= 11 is 0. The Morgan fingerprint density at radius 2 is 1.95 bits per heavy atom. The predicted octanol–water partition coefficient (Wildman–Crippen LogP) is 0.173. The van der Waals surface area contributed by atoms with E-state index in [1.54, 1.807) is 4.68 Å². The first-order valence-corrected chi connectivity index (χ1v) is 7.20. The van der Waals surface area contributed by atoms with Gasteiger partial charge in [-0.1, -0.05) is 0 Å². The van der Waals surface area contributed by atoms with E-state index in [2.05, 4.69) is 15.3 Å². The standard InChI is InChI=1S/C14H23N5O2/c1-9-13(10(2)18(3)17-9)16-12(20)8-19-6-4-11(5-7-19)14(15)21/h11H,4-8H2,1-3H3,(H2,15,21)(H,16,20). The third-order valence-electron chi connectivity index (χ3n) is 4.13. The lowest BCUT2D eigenvalue weighted by Crippen LogP contribution is -2.42. The highest BCUT2D eigenvalue weighted by Crippen LogP contribution is 2.19. The van der Waals surface area contributed by atoms with Crippen molar-refractivity contribution in [1.29, 1.82) is 0 Å². The van der Waals surface area contributed by atoms with Gasteiger partial charge in [0.1, 0.15) is 0 Å². The van der Waals surface area contributed by atoms with Gasteiger partial charge in [-0.05, 0) is 39.8 Å². The summed E-state index contributed by atoms with van der Waals surface area (Å²) in [5.74, 6) is -0.334. The van der Waals surface area contributed by atoms with Gasteiger partial charge in [0.15, 0.2) is 0 Å². The fraction of sp³-hybridized carbons (Fsp3) is 0.643. The zero-order chi connectivity index (χ0) is 15.6. The third-order valence-corrected chi connectivity index (χ3v) is 4.13. The van der Waals surface area contributed by atoms with Gasteiger partial charge < -0.3 is 11.1 Å². The van der Waals surface area contributed by atoms with Crippen LogP contribution in [0.4, 0.5) is 5.69 Å². The number of hydrogen-bond donors (Lipinski definition) is 2.